The van der Waals surface area contributed by atoms with Crippen LogP contribution < -0.4 is 0 Å². The third-order valence-electron chi connectivity index (χ3n) is 4.57. The van der Waals surface area contributed by atoms with E-state index in [0.29, 0.717) is 11.3 Å². The number of aliphatic hydroxyl groups is 1. The van der Waals surface area contributed by atoms with Crippen LogP contribution in [0.2, 0.25) is 0 Å². The molecule has 3 aromatic rings. The van der Waals surface area contributed by atoms with Crippen molar-refractivity contribution in [2.45, 2.75) is 17.9 Å². The zero-order valence-corrected chi connectivity index (χ0v) is 14.6. The molecule has 1 heterocycles. The number of ether oxygens (including phenoxy) is 1. The molecule has 2 unspecified atom stereocenters. The SMILES string of the molecule is COC(=O)CC(c1ccccc1)C(O)(c1ccccc1)c1ccccn1. The van der Waals surface area contributed by atoms with Gasteiger partial charge in [0.1, 0.15) is 5.60 Å². The second kappa shape index (κ2) is 7.93. The summed E-state index contributed by atoms with van der Waals surface area (Å²) in [6.45, 7) is 0. The summed E-state index contributed by atoms with van der Waals surface area (Å²) in [4.78, 5) is 16.6. The van der Waals surface area contributed by atoms with Gasteiger partial charge in [0, 0.05) is 12.1 Å². The van der Waals surface area contributed by atoms with Crippen LogP contribution in [-0.2, 0) is 15.1 Å². The number of pyridine rings is 1. The minimum absolute atomic E-state index is 0.0302. The predicted molar refractivity (Wildman–Crippen MR) is 99.5 cm³/mol. The molecule has 0 radical (unpaired) electrons. The van der Waals surface area contributed by atoms with Crippen molar-refractivity contribution < 1.29 is 14.6 Å². The van der Waals surface area contributed by atoms with Gasteiger partial charge in [-0.05, 0) is 23.3 Å². The van der Waals surface area contributed by atoms with Gasteiger partial charge in [-0.25, -0.2) is 0 Å². The molecule has 0 bridgehead atoms. The zero-order chi connectivity index (χ0) is 18.4. The Hall–Kier alpha value is -2.98. The van der Waals surface area contributed by atoms with E-state index >= 15 is 0 Å². The van der Waals surface area contributed by atoms with Gasteiger partial charge in [0.2, 0.25) is 0 Å². The Labute approximate surface area is 153 Å². The summed E-state index contributed by atoms with van der Waals surface area (Å²) in [6, 6.07) is 24.2. The van der Waals surface area contributed by atoms with E-state index in [9.17, 15) is 9.90 Å². The lowest BCUT2D eigenvalue weighted by molar-refractivity contribution is -0.142. The average molecular weight is 347 g/mol. The number of hydrogen-bond acceptors (Lipinski definition) is 4. The summed E-state index contributed by atoms with van der Waals surface area (Å²) in [5.41, 5.74) is 0.535. The summed E-state index contributed by atoms with van der Waals surface area (Å²) in [6.07, 6.45) is 1.67. The number of methoxy groups -OCH3 is 1. The van der Waals surface area contributed by atoms with Gasteiger partial charge in [-0.15, -0.1) is 0 Å². The molecule has 0 aliphatic rings. The Balaban J connectivity index is 2.21. The van der Waals surface area contributed by atoms with Gasteiger partial charge in [-0.1, -0.05) is 66.7 Å². The maximum atomic E-state index is 12.2. The van der Waals surface area contributed by atoms with Gasteiger partial charge in [0.15, 0.2) is 0 Å². The second-order valence-corrected chi connectivity index (χ2v) is 6.09. The minimum atomic E-state index is -1.47. The lowest BCUT2D eigenvalue weighted by atomic mass is 9.73. The van der Waals surface area contributed by atoms with E-state index in [-0.39, 0.29) is 12.4 Å². The average Bonchev–Trinajstić information content (AvgIpc) is 2.73. The fourth-order valence-corrected chi connectivity index (χ4v) is 3.25. The first-order valence-electron chi connectivity index (χ1n) is 8.47. The first-order chi connectivity index (χ1) is 12.7. The molecular formula is C22H21NO3. The number of hydrogen-bond donors (Lipinski definition) is 1. The van der Waals surface area contributed by atoms with Crippen LogP contribution >= 0.6 is 0 Å². The molecule has 0 aliphatic heterocycles. The molecule has 0 fully saturated rings. The predicted octanol–water partition coefficient (Wildman–Crippen LogP) is 3.66. The van der Waals surface area contributed by atoms with Crippen molar-refractivity contribution in [3.05, 3.63) is 102 Å². The smallest absolute Gasteiger partial charge is 0.306 e. The molecule has 0 spiro atoms. The van der Waals surface area contributed by atoms with Crippen LogP contribution in [-0.4, -0.2) is 23.2 Å². The van der Waals surface area contributed by atoms with E-state index in [1.807, 2.05) is 66.7 Å². The number of nitrogens with zero attached hydrogens (tertiary/aromatic N) is 1. The van der Waals surface area contributed by atoms with Crippen molar-refractivity contribution >= 4 is 5.97 Å². The Morgan fingerprint density at radius 3 is 2.19 bits per heavy atom. The highest BCUT2D eigenvalue weighted by Gasteiger charge is 2.43. The number of carbonyl (C=O) groups excluding carboxylic acids is 1. The maximum Gasteiger partial charge on any atom is 0.306 e. The van der Waals surface area contributed by atoms with E-state index in [4.69, 9.17) is 4.74 Å². The van der Waals surface area contributed by atoms with E-state index in [0.717, 1.165) is 5.56 Å². The topological polar surface area (TPSA) is 59.4 Å². The normalized spacial score (nSPS) is 14.2. The summed E-state index contributed by atoms with van der Waals surface area (Å²) in [7, 11) is 1.35. The van der Waals surface area contributed by atoms with Gasteiger partial charge < -0.3 is 9.84 Å². The molecule has 0 saturated carbocycles. The monoisotopic (exact) mass is 347 g/mol. The van der Waals surface area contributed by atoms with Gasteiger partial charge >= 0.3 is 5.97 Å². The molecule has 4 heteroatoms. The lowest BCUT2D eigenvalue weighted by Crippen LogP contribution is -2.37. The molecule has 4 nitrogen and oxygen atoms in total. The van der Waals surface area contributed by atoms with E-state index in [1.54, 1.807) is 18.3 Å². The standard InChI is InChI=1S/C22H21NO3/c1-26-21(24)16-19(17-10-4-2-5-11-17)22(25,18-12-6-3-7-13-18)20-14-8-9-15-23-20/h2-15,19,25H,16H2,1H3. The minimum Gasteiger partial charge on any atom is -0.469 e. The van der Waals surface area contributed by atoms with Gasteiger partial charge in [0.25, 0.3) is 0 Å². The second-order valence-electron chi connectivity index (χ2n) is 6.09. The molecule has 132 valence electrons. The lowest BCUT2D eigenvalue weighted by Gasteiger charge is -2.36. The van der Waals surface area contributed by atoms with Crippen LogP contribution in [0.5, 0.6) is 0 Å². The van der Waals surface area contributed by atoms with Crippen LogP contribution in [0.25, 0.3) is 0 Å². The van der Waals surface area contributed by atoms with Crippen LogP contribution in [0, 0.1) is 0 Å². The molecule has 2 atom stereocenters. The van der Waals surface area contributed by atoms with Gasteiger partial charge in [-0.3, -0.25) is 9.78 Å². The van der Waals surface area contributed by atoms with Gasteiger partial charge in [0.05, 0.1) is 19.2 Å². The van der Waals surface area contributed by atoms with Crippen LogP contribution in [0.1, 0.15) is 29.2 Å². The highest BCUT2D eigenvalue weighted by atomic mass is 16.5. The first kappa shape index (κ1) is 17.8. The van der Waals surface area contributed by atoms with Crippen molar-refractivity contribution in [2.75, 3.05) is 7.11 Å². The van der Waals surface area contributed by atoms with Crippen LogP contribution in [0.15, 0.2) is 85.1 Å². The number of aromatic nitrogens is 1. The van der Waals surface area contributed by atoms with Crippen molar-refractivity contribution in [1.29, 1.82) is 0 Å². The molecule has 1 aromatic heterocycles. The third-order valence-corrected chi connectivity index (χ3v) is 4.57. The van der Waals surface area contributed by atoms with Crippen LogP contribution in [0.3, 0.4) is 0 Å². The highest BCUT2D eigenvalue weighted by Crippen LogP contribution is 2.43. The molecule has 0 saturated heterocycles. The molecule has 3 rings (SSSR count). The molecular weight excluding hydrogens is 326 g/mol. The molecule has 1 N–H and O–H groups in total. The largest absolute Gasteiger partial charge is 0.469 e. The quantitative estimate of drug-likeness (QED) is 0.691. The molecule has 0 amide bonds. The first-order valence-corrected chi connectivity index (χ1v) is 8.47. The zero-order valence-electron chi connectivity index (χ0n) is 14.6. The maximum absolute atomic E-state index is 12.2. The summed E-state index contributed by atoms with van der Waals surface area (Å²) >= 11 is 0. The summed E-state index contributed by atoms with van der Waals surface area (Å²) in [5, 5.41) is 11.9. The fourth-order valence-electron chi connectivity index (χ4n) is 3.25. The van der Waals surface area contributed by atoms with Crippen molar-refractivity contribution in [3.8, 4) is 0 Å². The number of benzene rings is 2. The molecule has 0 aliphatic carbocycles. The Morgan fingerprint density at radius 2 is 1.62 bits per heavy atom. The fraction of sp³-hybridized carbons (Fsp3) is 0.182. The van der Waals surface area contributed by atoms with E-state index in [2.05, 4.69) is 4.98 Å². The van der Waals surface area contributed by atoms with Crippen molar-refractivity contribution in [1.82, 2.24) is 4.98 Å². The number of esters is 1. The molecule has 2 aromatic carbocycles. The summed E-state index contributed by atoms with van der Waals surface area (Å²) in [5.74, 6) is -0.933. The summed E-state index contributed by atoms with van der Waals surface area (Å²) < 4.78 is 4.90. The Bertz CT molecular complexity index is 796. The van der Waals surface area contributed by atoms with Crippen molar-refractivity contribution in [3.63, 3.8) is 0 Å². The third kappa shape index (κ3) is 3.51. The van der Waals surface area contributed by atoms with Gasteiger partial charge in [-0.2, -0.15) is 0 Å². The van der Waals surface area contributed by atoms with Crippen molar-refractivity contribution in [2.24, 2.45) is 0 Å². The number of carbonyl (C=O) groups is 1. The van der Waals surface area contributed by atoms with E-state index < -0.39 is 11.5 Å². The Morgan fingerprint density at radius 1 is 1.00 bits per heavy atom. The highest BCUT2D eigenvalue weighted by molar-refractivity contribution is 5.71. The Kier molecular flexibility index (Phi) is 5.44. The molecule has 26 heavy (non-hydrogen) atoms. The van der Waals surface area contributed by atoms with Crippen LogP contribution in [0.4, 0.5) is 0 Å². The number of rotatable bonds is 6. The van der Waals surface area contributed by atoms with E-state index in [1.165, 1.54) is 7.11 Å².